The first-order chi connectivity index (χ1) is 20.7. The number of aliphatic hydroxyl groups excluding tert-OH is 1. The third-order valence-corrected chi connectivity index (χ3v) is 8.72. The zero-order valence-electron chi connectivity index (χ0n) is 26.5. The summed E-state index contributed by atoms with van der Waals surface area (Å²) < 4.78 is 7.72. The Kier molecular flexibility index (Phi) is 17.7. The van der Waals surface area contributed by atoms with Gasteiger partial charge in [0, 0.05) is 6.42 Å². The van der Waals surface area contributed by atoms with Crippen molar-refractivity contribution in [1.82, 2.24) is 19.5 Å². The van der Waals surface area contributed by atoms with E-state index >= 15 is 0 Å². The first kappa shape index (κ1) is 34.4. The van der Waals surface area contributed by atoms with Gasteiger partial charge in [-0.3, -0.25) is 9.36 Å². The van der Waals surface area contributed by atoms with E-state index in [9.17, 15) is 9.90 Å². The van der Waals surface area contributed by atoms with Crippen molar-refractivity contribution in [3.05, 3.63) is 12.7 Å². The second-order valence-electron chi connectivity index (χ2n) is 12.4. The van der Waals surface area contributed by atoms with E-state index in [4.69, 9.17) is 4.74 Å². The van der Waals surface area contributed by atoms with Crippen LogP contribution >= 0.6 is 0 Å². The maximum absolute atomic E-state index is 12.5. The number of imidazole rings is 1. The second-order valence-corrected chi connectivity index (χ2v) is 12.4. The molecule has 2 atom stereocenters. The Morgan fingerprint density at radius 3 is 1.81 bits per heavy atom. The van der Waals surface area contributed by atoms with Crippen molar-refractivity contribution in [2.24, 2.45) is 0 Å². The highest BCUT2D eigenvalue weighted by atomic mass is 16.5. The molecule has 1 fully saturated rings. The van der Waals surface area contributed by atoms with Gasteiger partial charge in [0.05, 0.1) is 19.0 Å². The number of carbonyl (C=O) groups excluding carboxylic acids is 1. The summed E-state index contributed by atoms with van der Waals surface area (Å²) in [5, 5.41) is 12.3. The van der Waals surface area contributed by atoms with E-state index < -0.39 is 0 Å². The smallest absolute Gasteiger partial charge is 0.225 e. The van der Waals surface area contributed by atoms with Crippen LogP contribution in [0.4, 0.5) is 5.82 Å². The number of rotatable bonds is 25. The predicted octanol–water partition coefficient (Wildman–Crippen LogP) is 9.04. The number of hydrogen-bond donors (Lipinski definition) is 2. The number of nitrogens with one attached hydrogen (secondary N) is 1. The number of anilines is 1. The number of hydrogen-bond acceptors (Lipinski definition) is 6. The number of aliphatic hydroxyl groups is 1. The molecule has 0 aromatic carbocycles. The summed E-state index contributed by atoms with van der Waals surface area (Å²) >= 11 is 0. The molecule has 1 amide bonds. The maximum atomic E-state index is 12.5. The molecule has 1 aliphatic rings. The standard InChI is InChI=1S/C34H59N5O3/c1-2-3-4-5-6-7-8-9-10-11-12-13-14-15-16-17-18-19-20-21-22-23-30(41)38-33-32-34(36-27-35-33)39(28-37-32)31-25-24-29(26-40)42-31/h27-29,31,40H,2-26H2,1H3,(H,35,36,38,41)/t29-,31+/m0/s1. The third kappa shape index (κ3) is 13.1. The van der Waals surface area contributed by atoms with Gasteiger partial charge in [-0.25, -0.2) is 15.0 Å². The normalized spacial score (nSPS) is 16.9. The minimum absolute atomic E-state index is 0.0129. The van der Waals surface area contributed by atoms with Crippen LogP contribution in [0.1, 0.15) is 167 Å². The molecule has 2 aromatic heterocycles. The molecule has 1 aliphatic heterocycles. The fraction of sp³-hybridized carbons (Fsp3) is 0.824. The topological polar surface area (TPSA) is 102 Å². The lowest BCUT2D eigenvalue weighted by Crippen LogP contribution is -2.15. The zero-order chi connectivity index (χ0) is 29.7. The van der Waals surface area contributed by atoms with E-state index in [-0.39, 0.29) is 24.8 Å². The SMILES string of the molecule is CCCCCCCCCCCCCCCCCCCCCCCC(=O)Nc1ncnc2c1ncn2[C@H]1CC[C@@H](CO)O1. The van der Waals surface area contributed by atoms with Crippen molar-refractivity contribution in [2.75, 3.05) is 11.9 Å². The summed E-state index contributed by atoms with van der Waals surface area (Å²) in [6.07, 6.45) is 33.3. The molecule has 8 nitrogen and oxygen atoms in total. The van der Waals surface area contributed by atoms with Gasteiger partial charge in [0.15, 0.2) is 17.0 Å². The molecule has 0 spiro atoms. The minimum atomic E-state index is -0.204. The van der Waals surface area contributed by atoms with Crippen LogP contribution in [0.15, 0.2) is 12.7 Å². The van der Waals surface area contributed by atoms with Crippen LogP contribution in [0.2, 0.25) is 0 Å². The van der Waals surface area contributed by atoms with E-state index in [0.29, 0.717) is 23.4 Å². The maximum Gasteiger partial charge on any atom is 0.225 e. The van der Waals surface area contributed by atoms with Crippen LogP contribution < -0.4 is 5.32 Å². The van der Waals surface area contributed by atoms with Gasteiger partial charge in [-0.2, -0.15) is 0 Å². The van der Waals surface area contributed by atoms with Gasteiger partial charge in [0.2, 0.25) is 5.91 Å². The predicted molar refractivity (Wildman–Crippen MR) is 171 cm³/mol. The molecule has 3 heterocycles. The van der Waals surface area contributed by atoms with Gasteiger partial charge >= 0.3 is 0 Å². The second kappa shape index (κ2) is 21.6. The van der Waals surface area contributed by atoms with Crippen molar-refractivity contribution in [1.29, 1.82) is 0 Å². The molecule has 42 heavy (non-hydrogen) atoms. The molecule has 0 saturated carbocycles. The van der Waals surface area contributed by atoms with Crippen LogP contribution in [0.25, 0.3) is 11.2 Å². The quantitative estimate of drug-likeness (QED) is 0.113. The molecular weight excluding hydrogens is 526 g/mol. The van der Waals surface area contributed by atoms with Gasteiger partial charge in [0.25, 0.3) is 0 Å². The molecule has 8 heteroatoms. The summed E-state index contributed by atoms with van der Waals surface area (Å²) in [4.78, 5) is 25.6. The first-order valence-corrected chi connectivity index (χ1v) is 17.5. The average molecular weight is 586 g/mol. The highest BCUT2D eigenvalue weighted by Crippen LogP contribution is 2.31. The molecule has 0 aliphatic carbocycles. The average Bonchev–Trinajstić information content (AvgIpc) is 3.66. The number of unbranched alkanes of at least 4 members (excludes halogenated alkanes) is 20. The van der Waals surface area contributed by atoms with Gasteiger partial charge in [-0.15, -0.1) is 0 Å². The Bertz CT molecular complexity index is 981. The Hall–Kier alpha value is -2.06. The van der Waals surface area contributed by atoms with E-state index in [1.807, 2.05) is 4.57 Å². The van der Waals surface area contributed by atoms with E-state index in [2.05, 4.69) is 27.2 Å². The van der Waals surface area contributed by atoms with Crippen molar-refractivity contribution in [3.63, 3.8) is 0 Å². The Labute approximate surface area is 254 Å². The first-order valence-electron chi connectivity index (χ1n) is 17.5. The van der Waals surface area contributed by atoms with E-state index in [1.54, 1.807) is 6.33 Å². The Morgan fingerprint density at radius 2 is 1.31 bits per heavy atom. The molecule has 2 aromatic rings. The van der Waals surface area contributed by atoms with Crippen LogP contribution in [-0.4, -0.2) is 43.2 Å². The van der Waals surface area contributed by atoms with E-state index in [0.717, 1.165) is 25.7 Å². The van der Waals surface area contributed by atoms with Crippen LogP contribution in [0.5, 0.6) is 0 Å². The lowest BCUT2D eigenvalue weighted by molar-refractivity contribution is -0.116. The molecule has 0 radical (unpaired) electrons. The van der Waals surface area contributed by atoms with Crippen molar-refractivity contribution >= 4 is 22.9 Å². The molecule has 3 rings (SSSR count). The zero-order valence-corrected chi connectivity index (χ0v) is 26.5. The summed E-state index contributed by atoms with van der Waals surface area (Å²) in [5.41, 5.74) is 1.21. The monoisotopic (exact) mass is 585 g/mol. The van der Waals surface area contributed by atoms with Gasteiger partial charge in [0.1, 0.15) is 12.6 Å². The van der Waals surface area contributed by atoms with Gasteiger partial charge < -0.3 is 15.2 Å². The molecule has 0 bridgehead atoms. The molecule has 0 unspecified atom stereocenters. The molecule has 1 saturated heterocycles. The number of fused-ring (bicyclic) bond motifs is 1. The van der Waals surface area contributed by atoms with Crippen LogP contribution in [0.3, 0.4) is 0 Å². The van der Waals surface area contributed by atoms with Crippen molar-refractivity contribution in [3.8, 4) is 0 Å². The van der Waals surface area contributed by atoms with Crippen LogP contribution in [0, 0.1) is 0 Å². The Morgan fingerprint density at radius 1 is 0.786 bits per heavy atom. The van der Waals surface area contributed by atoms with Crippen LogP contribution in [-0.2, 0) is 9.53 Å². The van der Waals surface area contributed by atoms with Gasteiger partial charge in [-0.1, -0.05) is 135 Å². The van der Waals surface area contributed by atoms with Crippen molar-refractivity contribution in [2.45, 2.75) is 173 Å². The van der Waals surface area contributed by atoms with E-state index in [1.165, 1.54) is 128 Å². The summed E-state index contributed by atoms with van der Waals surface area (Å²) in [7, 11) is 0. The molecule has 2 N–H and O–H groups in total. The lowest BCUT2D eigenvalue weighted by Gasteiger charge is -2.13. The summed E-state index contributed by atoms with van der Waals surface area (Å²) in [5.74, 6) is 0.420. The van der Waals surface area contributed by atoms with Crippen molar-refractivity contribution < 1.29 is 14.6 Å². The number of amides is 1. The summed E-state index contributed by atoms with van der Waals surface area (Å²) in [6, 6.07) is 0. The molecular formula is C34H59N5O3. The highest BCUT2D eigenvalue weighted by Gasteiger charge is 2.28. The third-order valence-electron chi connectivity index (χ3n) is 8.72. The highest BCUT2D eigenvalue weighted by molar-refractivity contribution is 5.96. The minimum Gasteiger partial charge on any atom is -0.394 e. The summed E-state index contributed by atoms with van der Waals surface area (Å²) in [6.45, 7) is 2.30. The van der Waals surface area contributed by atoms with Gasteiger partial charge in [-0.05, 0) is 19.3 Å². The lowest BCUT2D eigenvalue weighted by atomic mass is 10.0. The fourth-order valence-corrected chi connectivity index (χ4v) is 6.09. The fourth-order valence-electron chi connectivity index (χ4n) is 6.09. The number of aromatic nitrogens is 4. The number of carbonyl (C=O) groups is 1. The molecule has 238 valence electrons. The Balaban J connectivity index is 1.12. The largest absolute Gasteiger partial charge is 0.394 e. The number of ether oxygens (including phenoxy) is 1. The number of nitrogens with zero attached hydrogens (tertiary/aromatic N) is 4.